The van der Waals surface area contributed by atoms with Crippen LogP contribution in [0.25, 0.3) is 22.3 Å². The molecular formula is C23H27N5O2. The summed E-state index contributed by atoms with van der Waals surface area (Å²) in [6.45, 7) is 3.06. The molecule has 3 heterocycles. The Morgan fingerprint density at radius 3 is 2.40 bits per heavy atom. The van der Waals surface area contributed by atoms with Crippen molar-refractivity contribution >= 4 is 22.8 Å². The van der Waals surface area contributed by atoms with E-state index in [2.05, 4.69) is 5.10 Å². The molecule has 7 heteroatoms. The molecule has 1 aromatic carbocycles. The van der Waals surface area contributed by atoms with Gasteiger partial charge in [0.15, 0.2) is 5.65 Å². The van der Waals surface area contributed by atoms with Crippen molar-refractivity contribution in [2.45, 2.75) is 19.8 Å². The summed E-state index contributed by atoms with van der Waals surface area (Å²) in [6, 6.07) is 11.7. The summed E-state index contributed by atoms with van der Waals surface area (Å²) >= 11 is 0. The molecule has 0 saturated carbocycles. The highest BCUT2D eigenvalue weighted by molar-refractivity contribution is 6.07. The van der Waals surface area contributed by atoms with Crippen molar-refractivity contribution in [2.75, 3.05) is 27.2 Å². The fraction of sp³-hybridized carbons (Fsp3) is 0.391. The van der Waals surface area contributed by atoms with Gasteiger partial charge in [0.1, 0.15) is 0 Å². The Bertz CT molecular complexity index is 1100. The van der Waals surface area contributed by atoms with Crippen molar-refractivity contribution in [3.8, 4) is 11.3 Å². The van der Waals surface area contributed by atoms with Crippen molar-refractivity contribution < 1.29 is 9.59 Å². The molecule has 7 nitrogen and oxygen atoms in total. The minimum Gasteiger partial charge on any atom is -0.349 e. The lowest BCUT2D eigenvalue weighted by Gasteiger charge is -2.32. The summed E-state index contributed by atoms with van der Waals surface area (Å²) in [4.78, 5) is 34.1. The van der Waals surface area contributed by atoms with Gasteiger partial charge in [-0.05, 0) is 25.8 Å². The van der Waals surface area contributed by atoms with E-state index in [9.17, 15) is 9.59 Å². The number of likely N-dealkylation sites (tertiary alicyclic amines) is 1. The first-order valence-corrected chi connectivity index (χ1v) is 10.3. The second-order valence-electron chi connectivity index (χ2n) is 8.13. The van der Waals surface area contributed by atoms with Gasteiger partial charge in [0.25, 0.3) is 5.91 Å². The van der Waals surface area contributed by atoms with Crippen LogP contribution in [0.1, 0.15) is 28.9 Å². The van der Waals surface area contributed by atoms with Crippen LogP contribution in [-0.4, -0.2) is 63.6 Å². The number of carbonyl (C=O) groups excluding carboxylic acids is 2. The average Bonchev–Trinajstić information content (AvgIpc) is 3.06. The zero-order valence-corrected chi connectivity index (χ0v) is 17.9. The number of nitrogens with zero attached hydrogens (tertiary/aromatic N) is 5. The van der Waals surface area contributed by atoms with Gasteiger partial charge in [-0.2, -0.15) is 5.10 Å². The number of carbonyl (C=O) groups is 2. The zero-order valence-electron chi connectivity index (χ0n) is 17.9. The number of aryl methyl sites for hydroxylation is 2. The molecule has 0 unspecified atom stereocenters. The van der Waals surface area contributed by atoms with Gasteiger partial charge in [-0.25, -0.2) is 4.98 Å². The molecule has 3 aromatic rings. The number of pyridine rings is 1. The lowest BCUT2D eigenvalue weighted by molar-refractivity contribution is -0.134. The molecule has 30 heavy (non-hydrogen) atoms. The fourth-order valence-electron chi connectivity index (χ4n) is 4.24. The molecule has 0 radical (unpaired) electrons. The molecule has 1 aliphatic heterocycles. The van der Waals surface area contributed by atoms with Crippen LogP contribution < -0.4 is 0 Å². The largest absolute Gasteiger partial charge is 0.349 e. The van der Waals surface area contributed by atoms with Crippen molar-refractivity contribution in [1.82, 2.24) is 24.6 Å². The van der Waals surface area contributed by atoms with Gasteiger partial charge in [-0.15, -0.1) is 0 Å². The Hall–Kier alpha value is -3.22. The third kappa shape index (κ3) is 3.56. The topological polar surface area (TPSA) is 71.3 Å². The summed E-state index contributed by atoms with van der Waals surface area (Å²) in [5.41, 5.74) is 3.84. The standard InChI is InChI=1S/C23H27N5O2/c1-15-20-18(23(30)28-12-10-17(11-13-28)22(29)26(2)3)14-19(16-8-6-5-7-9-16)24-21(20)27(4)25-15/h5-9,14,17H,10-13H2,1-4H3. The highest BCUT2D eigenvalue weighted by Crippen LogP contribution is 2.29. The number of aromatic nitrogens is 3. The van der Waals surface area contributed by atoms with E-state index in [0.717, 1.165) is 22.3 Å². The van der Waals surface area contributed by atoms with Crippen LogP contribution in [0.2, 0.25) is 0 Å². The average molecular weight is 406 g/mol. The highest BCUT2D eigenvalue weighted by Gasteiger charge is 2.30. The third-order valence-corrected chi connectivity index (χ3v) is 5.84. The molecule has 156 valence electrons. The molecule has 4 rings (SSSR count). The second kappa shape index (κ2) is 7.89. The first kappa shape index (κ1) is 20.1. The Kier molecular flexibility index (Phi) is 5.28. The lowest BCUT2D eigenvalue weighted by atomic mass is 9.94. The molecule has 1 aliphatic rings. The maximum Gasteiger partial charge on any atom is 0.254 e. The molecule has 0 bridgehead atoms. The Labute approximate surface area is 176 Å². The number of benzene rings is 1. The van der Waals surface area contributed by atoms with Gasteiger partial charge in [0.05, 0.1) is 22.3 Å². The van der Waals surface area contributed by atoms with Crippen LogP contribution in [0, 0.1) is 12.8 Å². The number of fused-ring (bicyclic) bond motifs is 1. The molecule has 0 aliphatic carbocycles. The van der Waals surface area contributed by atoms with Crippen LogP contribution in [0.15, 0.2) is 36.4 Å². The smallest absolute Gasteiger partial charge is 0.254 e. The van der Waals surface area contributed by atoms with E-state index in [1.54, 1.807) is 23.7 Å². The molecule has 2 aromatic heterocycles. The predicted molar refractivity (Wildman–Crippen MR) is 116 cm³/mol. The van der Waals surface area contributed by atoms with Gasteiger partial charge in [-0.3, -0.25) is 14.3 Å². The molecule has 1 saturated heterocycles. The minimum atomic E-state index is -0.0218. The SMILES string of the molecule is Cc1nn(C)c2nc(-c3ccccc3)cc(C(=O)N3CCC(C(=O)N(C)C)CC3)c12. The highest BCUT2D eigenvalue weighted by atomic mass is 16.2. The first-order valence-electron chi connectivity index (χ1n) is 10.3. The van der Waals surface area contributed by atoms with Crippen LogP contribution >= 0.6 is 0 Å². The third-order valence-electron chi connectivity index (χ3n) is 5.84. The Morgan fingerprint density at radius 1 is 1.10 bits per heavy atom. The van der Waals surface area contributed by atoms with E-state index in [0.29, 0.717) is 37.1 Å². The van der Waals surface area contributed by atoms with E-state index >= 15 is 0 Å². The number of amides is 2. The van der Waals surface area contributed by atoms with Gasteiger partial charge < -0.3 is 9.80 Å². The van der Waals surface area contributed by atoms with Crippen molar-refractivity contribution in [3.05, 3.63) is 47.7 Å². The summed E-state index contributed by atoms with van der Waals surface area (Å²) in [7, 11) is 5.41. The van der Waals surface area contributed by atoms with Gasteiger partial charge >= 0.3 is 0 Å². The first-order chi connectivity index (χ1) is 14.4. The molecule has 1 fully saturated rings. The second-order valence-corrected chi connectivity index (χ2v) is 8.13. The van der Waals surface area contributed by atoms with Crippen molar-refractivity contribution in [2.24, 2.45) is 13.0 Å². The molecule has 2 amide bonds. The summed E-state index contributed by atoms with van der Waals surface area (Å²) in [6.07, 6.45) is 1.38. The summed E-state index contributed by atoms with van der Waals surface area (Å²) < 4.78 is 1.73. The van der Waals surface area contributed by atoms with E-state index < -0.39 is 0 Å². The Balaban J connectivity index is 1.70. The fourth-order valence-corrected chi connectivity index (χ4v) is 4.24. The molecule has 0 spiro atoms. The maximum atomic E-state index is 13.5. The molecule has 0 N–H and O–H groups in total. The summed E-state index contributed by atoms with van der Waals surface area (Å²) in [5.74, 6) is 0.107. The van der Waals surface area contributed by atoms with Crippen molar-refractivity contribution in [3.63, 3.8) is 0 Å². The molecular weight excluding hydrogens is 378 g/mol. The molecule has 0 atom stereocenters. The maximum absolute atomic E-state index is 13.5. The van der Waals surface area contributed by atoms with E-state index in [1.165, 1.54) is 0 Å². The lowest BCUT2D eigenvalue weighted by Crippen LogP contribution is -2.42. The zero-order chi connectivity index (χ0) is 21.4. The van der Waals surface area contributed by atoms with E-state index in [4.69, 9.17) is 4.98 Å². The van der Waals surface area contributed by atoms with Gasteiger partial charge in [0.2, 0.25) is 5.91 Å². The number of rotatable bonds is 3. The quantitative estimate of drug-likeness (QED) is 0.672. The monoisotopic (exact) mass is 405 g/mol. The van der Waals surface area contributed by atoms with Crippen molar-refractivity contribution in [1.29, 1.82) is 0 Å². The van der Waals surface area contributed by atoms with E-state index in [1.807, 2.05) is 55.3 Å². The van der Waals surface area contributed by atoms with Crippen LogP contribution in [0.5, 0.6) is 0 Å². The van der Waals surface area contributed by atoms with Gasteiger partial charge in [0, 0.05) is 45.7 Å². The number of hydrogen-bond acceptors (Lipinski definition) is 4. The van der Waals surface area contributed by atoms with Gasteiger partial charge in [-0.1, -0.05) is 30.3 Å². The van der Waals surface area contributed by atoms with E-state index in [-0.39, 0.29) is 17.7 Å². The van der Waals surface area contributed by atoms with Crippen LogP contribution in [0.3, 0.4) is 0 Å². The van der Waals surface area contributed by atoms with Crippen LogP contribution in [0.4, 0.5) is 0 Å². The Morgan fingerprint density at radius 2 is 1.77 bits per heavy atom. The number of hydrogen-bond donors (Lipinski definition) is 0. The predicted octanol–water partition coefficient (Wildman–Crippen LogP) is 2.88. The summed E-state index contributed by atoms with van der Waals surface area (Å²) in [5, 5.41) is 5.30. The normalized spacial score (nSPS) is 14.9. The minimum absolute atomic E-state index is 0.0125. The van der Waals surface area contributed by atoms with Crippen LogP contribution in [-0.2, 0) is 11.8 Å². The number of piperidine rings is 1.